The minimum absolute atomic E-state index is 0.000250. The van der Waals surface area contributed by atoms with Crippen molar-refractivity contribution in [1.82, 2.24) is 4.72 Å². The molecule has 0 aromatic heterocycles. The summed E-state index contributed by atoms with van der Waals surface area (Å²) < 4.78 is 26.7. The molecule has 2 bridgehead atoms. The predicted molar refractivity (Wildman–Crippen MR) is 102 cm³/mol. The minimum Gasteiger partial charge on any atom is -0.327 e. The maximum Gasteiger partial charge on any atom is 0.240 e. The molecular formula is C19H29N3O3S. The number of sulfonamides is 1. The number of benzene rings is 1. The van der Waals surface area contributed by atoms with Gasteiger partial charge in [0.15, 0.2) is 0 Å². The van der Waals surface area contributed by atoms with E-state index >= 15 is 0 Å². The number of carbonyl (C=O) groups is 1. The van der Waals surface area contributed by atoms with E-state index in [0.29, 0.717) is 24.1 Å². The Balaban J connectivity index is 1.61. The normalized spacial score (nSPS) is 28.5. The lowest BCUT2D eigenvalue weighted by Crippen LogP contribution is -2.48. The number of amides is 1. The van der Waals surface area contributed by atoms with Gasteiger partial charge in [-0.15, -0.1) is 0 Å². The Kier molecular flexibility index (Phi) is 5.99. The molecule has 0 aliphatic heterocycles. The summed E-state index contributed by atoms with van der Waals surface area (Å²) in [4.78, 5) is 12.9. The molecule has 0 saturated heterocycles. The summed E-state index contributed by atoms with van der Waals surface area (Å²) in [7, 11) is -3.48. The summed E-state index contributed by atoms with van der Waals surface area (Å²) in [6.45, 7) is 2.32. The maximum atomic E-state index is 12.6. The molecule has 2 unspecified atom stereocenters. The van der Waals surface area contributed by atoms with E-state index in [1.54, 1.807) is 12.1 Å². The molecule has 2 fully saturated rings. The van der Waals surface area contributed by atoms with Crippen LogP contribution in [0.2, 0.25) is 0 Å². The molecule has 1 aromatic rings. The zero-order chi connectivity index (χ0) is 18.7. The summed E-state index contributed by atoms with van der Waals surface area (Å²) >= 11 is 0. The molecule has 144 valence electrons. The molecule has 3 rings (SSSR count). The second kappa shape index (κ2) is 8.06. The highest BCUT2D eigenvalue weighted by molar-refractivity contribution is 7.89. The summed E-state index contributed by atoms with van der Waals surface area (Å²) in [6.07, 6.45) is 5.92. The average Bonchev–Trinajstić information content (AvgIpc) is 2.60. The number of nitrogens with two attached hydrogens (primary N) is 1. The monoisotopic (exact) mass is 379 g/mol. The van der Waals surface area contributed by atoms with Gasteiger partial charge in [0.05, 0.1) is 4.90 Å². The predicted octanol–water partition coefficient (Wildman–Crippen LogP) is 2.47. The van der Waals surface area contributed by atoms with Crippen LogP contribution in [0.15, 0.2) is 29.2 Å². The number of rotatable bonds is 6. The first-order valence-corrected chi connectivity index (χ1v) is 11.0. The van der Waals surface area contributed by atoms with Gasteiger partial charge < -0.3 is 11.1 Å². The van der Waals surface area contributed by atoms with Crippen molar-refractivity contribution in [1.29, 1.82) is 0 Å². The minimum atomic E-state index is -3.48. The molecule has 1 aromatic carbocycles. The lowest BCUT2D eigenvalue weighted by Gasteiger charge is -2.43. The van der Waals surface area contributed by atoms with Gasteiger partial charge in [0.25, 0.3) is 0 Å². The van der Waals surface area contributed by atoms with Gasteiger partial charge >= 0.3 is 0 Å². The topological polar surface area (TPSA) is 101 Å². The van der Waals surface area contributed by atoms with Crippen molar-refractivity contribution in [2.75, 3.05) is 11.9 Å². The largest absolute Gasteiger partial charge is 0.327 e. The van der Waals surface area contributed by atoms with Crippen molar-refractivity contribution in [2.24, 2.45) is 23.5 Å². The Morgan fingerprint density at radius 3 is 2.35 bits per heavy atom. The lowest BCUT2D eigenvalue weighted by atomic mass is 9.65. The first-order chi connectivity index (χ1) is 12.4. The van der Waals surface area contributed by atoms with E-state index < -0.39 is 10.0 Å². The second-order valence-corrected chi connectivity index (χ2v) is 9.38. The number of anilines is 1. The van der Waals surface area contributed by atoms with Crippen LogP contribution in [0, 0.1) is 17.8 Å². The third kappa shape index (κ3) is 4.27. The molecule has 0 radical (unpaired) electrons. The average molecular weight is 380 g/mol. The number of hydrogen-bond donors (Lipinski definition) is 3. The van der Waals surface area contributed by atoms with Crippen molar-refractivity contribution >= 4 is 21.6 Å². The van der Waals surface area contributed by atoms with E-state index in [9.17, 15) is 13.2 Å². The quantitative estimate of drug-likeness (QED) is 0.707. The molecule has 0 heterocycles. The zero-order valence-corrected chi connectivity index (χ0v) is 16.1. The van der Waals surface area contributed by atoms with E-state index in [4.69, 9.17) is 5.73 Å². The third-order valence-corrected chi connectivity index (χ3v) is 7.23. The van der Waals surface area contributed by atoms with Gasteiger partial charge in [-0.05, 0) is 68.2 Å². The first-order valence-electron chi connectivity index (χ1n) is 9.57. The van der Waals surface area contributed by atoms with E-state index in [1.165, 1.54) is 18.6 Å². The molecule has 2 aliphatic rings. The Labute approximate surface area is 156 Å². The van der Waals surface area contributed by atoms with E-state index in [2.05, 4.69) is 10.0 Å². The molecule has 26 heavy (non-hydrogen) atoms. The number of nitrogens with one attached hydrogen (secondary N) is 2. The SMILES string of the molecule is CCCNS(=O)(=O)c1ccc(NC(=O)C2CC3CCCC(C2)C3N)cc1. The fraction of sp³-hybridized carbons (Fsp3) is 0.632. The smallest absolute Gasteiger partial charge is 0.240 e. The number of carbonyl (C=O) groups excluding carboxylic acids is 1. The highest BCUT2D eigenvalue weighted by atomic mass is 32.2. The van der Waals surface area contributed by atoms with Crippen LogP contribution in [-0.2, 0) is 14.8 Å². The van der Waals surface area contributed by atoms with Crippen molar-refractivity contribution in [3.63, 3.8) is 0 Å². The van der Waals surface area contributed by atoms with Crippen LogP contribution in [0.1, 0.15) is 45.4 Å². The molecule has 7 heteroatoms. The van der Waals surface area contributed by atoms with Crippen LogP contribution in [0.4, 0.5) is 5.69 Å². The Bertz CT molecular complexity index is 719. The van der Waals surface area contributed by atoms with Gasteiger partial charge in [-0.2, -0.15) is 0 Å². The molecule has 6 nitrogen and oxygen atoms in total. The lowest BCUT2D eigenvalue weighted by molar-refractivity contribution is -0.122. The molecule has 0 spiro atoms. The van der Waals surface area contributed by atoms with Crippen LogP contribution in [-0.4, -0.2) is 26.9 Å². The second-order valence-electron chi connectivity index (χ2n) is 7.61. The van der Waals surface area contributed by atoms with Gasteiger partial charge in [0, 0.05) is 24.2 Å². The van der Waals surface area contributed by atoms with Crippen molar-refractivity contribution in [2.45, 2.75) is 56.4 Å². The number of hydrogen-bond acceptors (Lipinski definition) is 4. The van der Waals surface area contributed by atoms with E-state index in [1.807, 2.05) is 6.92 Å². The molecule has 2 aliphatic carbocycles. The van der Waals surface area contributed by atoms with Crippen LogP contribution >= 0.6 is 0 Å². The Hall–Kier alpha value is -1.44. The van der Waals surface area contributed by atoms with E-state index in [-0.39, 0.29) is 22.8 Å². The number of fused-ring (bicyclic) bond motifs is 2. The standard InChI is InChI=1S/C19H29N3O3S/c1-2-10-21-26(24,25)17-8-6-16(7-9-17)22-19(23)15-11-13-4-3-5-14(12-15)18(13)20/h6-9,13-15,18,21H,2-5,10-12,20H2,1H3,(H,22,23). The van der Waals surface area contributed by atoms with Gasteiger partial charge in [0.1, 0.15) is 0 Å². The van der Waals surface area contributed by atoms with Gasteiger partial charge in [-0.3, -0.25) is 4.79 Å². The molecule has 2 saturated carbocycles. The zero-order valence-electron chi connectivity index (χ0n) is 15.3. The van der Waals surface area contributed by atoms with Gasteiger partial charge in [-0.25, -0.2) is 13.1 Å². The van der Waals surface area contributed by atoms with Crippen molar-refractivity contribution in [3.05, 3.63) is 24.3 Å². The fourth-order valence-corrected chi connectivity index (χ4v) is 5.42. The third-order valence-electron chi connectivity index (χ3n) is 5.76. The van der Waals surface area contributed by atoms with Crippen LogP contribution in [0.25, 0.3) is 0 Å². The highest BCUT2D eigenvalue weighted by Crippen LogP contribution is 2.42. The first kappa shape index (κ1) is 19.3. The summed E-state index contributed by atoms with van der Waals surface area (Å²) in [5.74, 6) is 0.930. The summed E-state index contributed by atoms with van der Waals surface area (Å²) in [5, 5.41) is 2.94. The van der Waals surface area contributed by atoms with Gasteiger partial charge in [0.2, 0.25) is 15.9 Å². The highest BCUT2D eigenvalue weighted by Gasteiger charge is 2.40. The molecule has 2 atom stereocenters. The summed E-state index contributed by atoms with van der Waals surface area (Å²) in [6, 6.07) is 6.59. The Morgan fingerprint density at radius 1 is 1.15 bits per heavy atom. The molecule has 1 amide bonds. The Morgan fingerprint density at radius 2 is 1.77 bits per heavy atom. The van der Waals surface area contributed by atoms with Crippen molar-refractivity contribution in [3.8, 4) is 0 Å². The van der Waals surface area contributed by atoms with E-state index in [0.717, 1.165) is 32.1 Å². The van der Waals surface area contributed by atoms with Crippen LogP contribution < -0.4 is 15.8 Å². The molecular weight excluding hydrogens is 350 g/mol. The maximum absolute atomic E-state index is 12.6. The van der Waals surface area contributed by atoms with Gasteiger partial charge in [-0.1, -0.05) is 13.3 Å². The van der Waals surface area contributed by atoms with Crippen LogP contribution in [0.5, 0.6) is 0 Å². The fourth-order valence-electron chi connectivity index (χ4n) is 4.28. The molecule has 4 N–H and O–H groups in total. The van der Waals surface area contributed by atoms with Crippen molar-refractivity contribution < 1.29 is 13.2 Å². The summed E-state index contributed by atoms with van der Waals surface area (Å²) in [5.41, 5.74) is 6.93. The van der Waals surface area contributed by atoms with Crippen LogP contribution in [0.3, 0.4) is 0 Å².